The van der Waals surface area contributed by atoms with Crippen molar-refractivity contribution in [2.45, 2.75) is 13.0 Å². The summed E-state index contributed by atoms with van der Waals surface area (Å²) in [5.41, 5.74) is 2.99. The Bertz CT molecular complexity index is 1070. The fourth-order valence-corrected chi connectivity index (χ4v) is 3.91. The molecule has 1 aliphatic rings. The standard InChI is InChI=1S/C22H21N5O2/c23-14-17-2-4-18(5-3-17)16-25-10-1-11-26(13-12-25)21-6-7-22(27(28)29)20-15-24-9-8-19(20)21/h2-9,15H,1,10-13,16H2. The smallest absolute Gasteiger partial charge is 0.278 e. The van der Waals surface area contributed by atoms with E-state index in [0.717, 1.165) is 50.2 Å². The fraction of sp³-hybridized carbons (Fsp3) is 0.273. The number of nitro benzene ring substituents is 1. The number of nitriles is 1. The minimum atomic E-state index is -0.352. The predicted molar refractivity (Wildman–Crippen MR) is 112 cm³/mol. The van der Waals surface area contributed by atoms with Crippen LogP contribution in [0.1, 0.15) is 17.5 Å². The molecule has 0 unspecified atom stereocenters. The molecule has 4 rings (SSSR count). The van der Waals surface area contributed by atoms with E-state index in [1.807, 2.05) is 36.4 Å². The molecule has 1 aliphatic heterocycles. The van der Waals surface area contributed by atoms with Crippen LogP contribution in [0, 0.1) is 21.4 Å². The number of rotatable bonds is 4. The van der Waals surface area contributed by atoms with E-state index in [1.165, 1.54) is 5.56 Å². The van der Waals surface area contributed by atoms with E-state index in [4.69, 9.17) is 5.26 Å². The Kier molecular flexibility index (Phi) is 5.36. The summed E-state index contributed by atoms with van der Waals surface area (Å²) in [7, 11) is 0. The third kappa shape index (κ3) is 4.03. The van der Waals surface area contributed by atoms with E-state index < -0.39 is 0 Å². The molecule has 7 heteroatoms. The summed E-state index contributed by atoms with van der Waals surface area (Å²) in [5, 5.41) is 21.7. The van der Waals surface area contributed by atoms with Gasteiger partial charge in [0.2, 0.25) is 0 Å². The maximum absolute atomic E-state index is 11.4. The highest BCUT2D eigenvalue weighted by Gasteiger charge is 2.20. The summed E-state index contributed by atoms with van der Waals surface area (Å²) in [6.45, 7) is 4.50. The van der Waals surface area contributed by atoms with Crippen molar-refractivity contribution in [3.05, 3.63) is 76.1 Å². The molecule has 0 amide bonds. The van der Waals surface area contributed by atoms with Crippen molar-refractivity contribution in [2.24, 2.45) is 0 Å². The van der Waals surface area contributed by atoms with Gasteiger partial charge in [-0.1, -0.05) is 12.1 Å². The van der Waals surface area contributed by atoms with Gasteiger partial charge in [0, 0.05) is 62.3 Å². The maximum Gasteiger partial charge on any atom is 0.278 e. The highest BCUT2D eigenvalue weighted by molar-refractivity contribution is 5.99. The molecule has 2 heterocycles. The molecule has 1 aromatic heterocycles. The first kappa shape index (κ1) is 18.8. The highest BCUT2D eigenvalue weighted by Crippen LogP contribution is 2.33. The average Bonchev–Trinajstić information content (AvgIpc) is 2.99. The van der Waals surface area contributed by atoms with Gasteiger partial charge in [0.15, 0.2) is 0 Å². The monoisotopic (exact) mass is 387 g/mol. The lowest BCUT2D eigenvalue weighted by molar-refractivity contribution is -0.383. The molecule has 0 spiro atoms. The molecule has 0 radical (unpaired) electrons. The topological polar surface area (TPSA) is 86.3 Å². The molecular formula is C22H21N5O2. The number of nitro groups is 1. The van der Waals surface area contributed by atoms with Crippen LogP contribution < -0.4 is 4.90 Å². The molecule has 29 heavy (non-hydrogen) atoms. The first-order valence-corrected chi connectivity index (χ1v) is 9.63. The molecular weight excluding hydrogens is 366 g/mol. The number of hydrogen-bond acceptors (Lipinski definition) is 6. The number of fused-ring (bicyclic) bond motifs is 1. The molecule has 146 valence electrons. The molecule has 7 nitrogen and oxygen atoms in total. The van der Waals surface area contributed by atoms with Gasteiger partial charge in [-0.2, -0.15) is 5.26 Å². The van der Waals surface area contributed by atoms with Gasteiger partial charge in [-0.3, -0.25) is 20.0 Å². The Hall–Kier alpha value is -3.50. The third-order valence-corrected chi connectivity index (χ3v) is 5.39. The molecule has 0 bridgehead atoms. The maximum atomic E-state index is 11.4. The van der Waals surface area contributed by atoms with E-state index in [2.05, 4.69) is 20.9 Å². The van der Waals surface area contributed by atoms with Crippen molar-refractivity contribution in [1.82, 2.24) is 9.88 Å². The molecule has 0 atom stereocenters. The van der Waals surface area contributed by atoms with Gasteiger partial charge >= 0.3 is 0 Å². The van der Waals surface area contributed by atoms with E-state index in [-0.39, 0.29) is 10.6 Å². The lowest BCUT2D eigenvalue weighted by atomic mass is 10.1. The number of hydrogen-bond donors (Lipinski definition) is 0. The molecule has 0 aliphatic carbocycles. The van der Waals surface area contributed by atoms with E-state index in [9.17, 15) is 10.1 Å². The molecule has 0 N–H and O–H groups in total. The molecule has 3 aromatic rings. The zero-order valence-corrected chi connectivity index (χ0v) is 16.0. The Morgan fingerprint density at radius 1 is 1.03 bits per heavy atom. The van der Waals surface area contributed by atoms with Gasteiger partial charge in [0.25, 0.3) is 5.69 Å². The minimum Gasteiger partial charge on any atom is -0.370 e. The van der Waals surface area contributed by atoms with Gasteiger partial charge in [-0.15, -0.1) is 0 Å². The second-order valence-corrected chi connectivity index (χ2v) is 7.21. The van der Waals surface area contributed by atoms with Gasteiger partial charge in [0.1, 0.15) is 0 Å². The van der Waals surface area contributed by atoms with Gasteiger partial charge < -0.3 is 4.90 Å². The lowest BCUT2D eigenvalue weighted by Gasteiger charge is -2.25. The molecule has 1 saturated heterocycles. The highest BCUT2D eigenvalue weighted by atomic mass is 16.6. The number of benzene rings is 2. The average molecular weight is 387 g/mol. The first-order valence-electron chi connectivity index (χ1n) is 9.63. The van der Waals surface area contributed by atoms with Gasteiger partial charge in [0.05, 0.1) is 21.9 Å². The van der Waals surface area contributed by atoms with Crippen molar-refractivity contribution in [1.29, 1.82) is 5.26 Å². The molecule has 1 fully saturated rings. The summed E-state index contributed by atoms with van der Waals surface area (Å²) < 4.78 is 0. The van der Waals surface area contributed by atoms with Crippen LogP contribution in [0.15, 0.2) is 54.9 Å². The number of nitrogens with zero attached hydrogens (tertiary/aromatic N) is 5. The predicted octanol–water partition coefficient (Wildman–Crippen LogP) is 3.73. The minimum absolute atomic E-state index is 0.0918. The Labute approximate surface area is 169 Å². The van der Waals surface area contributed by atoms with Crippen LogP contribution in [-0.4, -0.2) is 41.0 Å². The summed E-state index contributed by atoms with van der Waals surface area (Å²) in [6, 6.07) is 15.2. The van der Waals surface area contributed by atoms with Crippen molar-refractivity contribution in [2.75, 3.05) is 31.1 Å². The zero-order valence-electron chi connectivity index (χ0n) is 16.0. The van der Waals surface area contributed by atoms with Crippen molar-refractivity contribution in [3.63, 3.8) is 0 Å². The number of anilines is 1. The SMILES string of the molecule is N#Cc1ccc(CN2CCCN(c3ccc([N+](=O)[O-])c4cnccc34)CC2)cc1. The molecule has 0 saturated carbocycles. The van der Waals surface area contributed by atoms with Crippen LogP contribution >= 0.6 is 0 Å². The Morgan fingerprint density at radius 2 is 1.86 bits per heavy atom. The quantitative estimate of drug-likeness (QED) is 0.501. The summed E-state index contributed by atoms with van der Waals surface area (Å²) in [6.07, 6.45) is 4.27. The number of pyridine rings is 1. The second kappa shape index (κ2) is 8.25. The van der Waals surface area contributed by atoms with E-state index >= 15 is 0 Å². The Morgan fingerprint density at radius 3 is 2.62 bits per heavy atom. The first-order chi connectivity index (χ1) is 14.2. The van der Waals surface area contributed by atoms with Crippen LogP contribution in [0.5, 0.6) is 0 Å². The van der Waals surface area contributed by atoms with Crippen LogP contribution in [0.4, 0.5) is 11.4 Å². The summed E-state index contributed by atoms with van der Waals surface area (Å²) in [5.74, 6) is 0. The summed E-state index contributed by atoms with van der Waals surface area (Å²) in [4.78, 5) is 19.8. The van der Waals surface area contributed by atoms with Crippen molar-refractivity contribution < 1.29 is 4.92 Å². The van der Waals surface area contributed by atoms with Gasteiger partial charge in [-0.25, -0.2) is 0 Å². The van der Waals surface area contributed by atoms with E-state index in [1.54, 1.807) is 18.5 Å². The second-order valence-electron chi connectivity index (χ2n) is 7.21. The number of non-ortho nitro benzene ring substituents is 1. The normalized spacial score (nSPS) is 15.1. The molecule has 2 aromatic carbocycles. The van der Waals surface area contributed by atoms with E-state index in [0.29, 0.717) is 10.9 Å². The van der Waals surface area contributed by atoms with Gasteiger partial charge in [-0.05, 0) is 36.2 Å². The van der Waals surface area contributed by atoms with Crippen LogP contribution in [0.3, 0.4) is 0 Å². The lowest BCUT2D eigenvalue weighted by Crippen LogP contribution is -2.30. The van der Waals surface area contributed by atoms with Crippen LogP contribution in [0.2, 0.25) is 0 Å². The zero-order chi connectivity index (χ0) is 20.2. The summed E-state index contributed by atoms with van der Waals surface area (Å²) >= 11 is 0. The number of aromatic nitrogens is 1. The fourth-order valence-electron chi connectivity index (χ4n) is 3.91. The van der Waals surface area contributed by atoms with Crippen LogP contribution in [0.25, 0.3) is 10.8 Å². The largest absolute Gasteiger partial charge is 0.370 e. The van der Waals surface area contributed by atoms with Crippen LogP contribution in [-0.2, 0) is 6.54 Å². The van der Waals surface area contributed by atoms with Crippen molar-refractivity contribution in [3.8, 4) is 6.07 Å². The third-order valence-electron chi connectivity index (χ3n) is 5.39. The Balaban J connectivity index is 1.52. The van der Waals surface area contributed by atoms with Crippen molar-refractivity contribution >= 4 is 22.1 Å².